The molecule has 0 aromatic carbocycles. The zero-order chi connectivity index (χ0) is 13.9. The van der Waals surface area contributed by atoms with Crippen LogP contribution in [-0.4, -0.2) is 43.5 Å². The molecule has 0 amide bonds. The zero-order valence-electron chi connectivity index (χ0n) is 9.50. The first-order chi connectivity index (χ1) is 8.25. The SMILES string of the molecule is CO[C@H](O)[C@H](Cn1ccc(N)nc1=O)P(=O)(O)O. The van der Waals surface area contributed by atoms with Crippen LogP contribution in [0.15, 0.2) is 17.1 Å². The largest absolute Gasteiger partial charge is 0.383 e. The van der Waals surface area contributed by atoms with Gasteiger partial charge in [-0.05, 0) is 6.07 Å². The minimum absolute atomic E-state index is 0.00345. The lowest BCUT2D eigenvalue weighted by molar-refractivity contribution is -0.0809. The molecule has 0 saturated carbocycles. The molecular formula is C8H14N3O6P. The van der Waals surface area contributed by atoms with Crippen molar-refractivity contribution < 1.29 is 24.2 Å². The van der Waals surface area contributed by atoms with Crippen molar-refractivity contribution in [3.8, 4) is 0 Å². The van der Waals surface area contributed by atoms with E-state index < -0.39 is 31.8 Å². The van der Waals surface area contributed by atoms with E-state index >= 15 is 0 Å². The Bertz CT molecular complexity index is 512. The number of aliphatic hydroxyl groups excluding tert-OH is 1. The fourth-order valence-electron chi connectivity index (χ4n) is 1.30. The number of methoxy groups -OCH3 is 1. The molecule has 0 aliphatic rings. The summed E-state index contributed by atoms with van der Waals surface area (Å²) in [6, 6.07) is 1.30. The highest BCUT2D eigenvalue weighted by Crippen LogP contribution is 2.43. The molecule has 0 radical (unpaired) electrons. The summed E-state index contributed by atoms with van der Waals surface area (Å²) in [5, 5.41) is 9.39. The Morgan fingerprint density at radius 1 is 1.61 bits per heavy atom. The number of nitrogens with two attached hydrogens (primary N) is 1. The number of nitrogens with zero attached hydrogens (tertiary/aromatic N) is 2. The van der Waals surface area contributed by atoms with Gasteiger partial charge in [-0.3, -0.25) is 9.13 Å². The number of hydrogen-bond acceptors (Lipinski definition) is 6. The smallest absolute Gasteiger partial charge is 0.349 e. The molecule has 0 fully saturated rings. The van der Waals surface area contributed by atoms with Gasteiger partial charge in [0.05, 0.1) is 0 Å². The molecule has 2 atom stereocenters. The first-order valence-corrected chi connectivity index (χ1v) is 6.53. The summed E-state index contributed by atoms with van der Waals surface area (Å²) in [5.74, 6) is -0.00345. The molecular weight excluding hydrogens is 265 g/mol. The summed E-state index contributed by atoms with van der Waals surface area (Å²) in [7, 11) is -3.54. The van der Waals surface area contributed by atoms with Gasteiger partial charge in [-0.15, -0.1) is 0 Å². The maximum absolute atomic E-state index is 11.4. The van der Waals surface area contributed by atoms with Gasteiger partial charge in [-0.1, -0.05) is 0 Å². The van der Waals surface area contributed by atoms with E-state index in [1.807, 2.05) is 0 Å². The van der Waals surface area contributed by atoms with Gasteiger partial charge >= 0.3 is 13.3 Å². The molecule has 0 saturated heterocycles. The Hall–Kier alpha value is -1.25. The van der Waals surface area contributed by atoms with Crippen molar-refractivity contribution >= 4 is 13.4 Å². The molecule has 0 spiro atoms. The quantitative estimate of drug-likeness (QED) is 0.369. The van der Waals surface area contributed by atoms with Crippen LogP contribution in [0.5, 0.6) is 0 Å². The van der Waals surface area contributed by atoms with Gasteiger partial charge in [0.2, 0.25) is 0 Å². The third-order valence-corrected chi connectivity index (χ3v) is 3.56. The molecule has 9 nitrogen and oxygen atoms in total. The normalized spacial score (nSPS) is 15.3. The van der Waals surface area contributed by atoms with Crippen molar-refractivity contribution in [1.82, 2.24) is 9.55 Å². The topological polar surface area (TPSA) is 148 Å². The monoisotopic (exact) mass is 279 g/mol. The van der Waals surface area contributed by atoms with Crippen molar-refractivity contribution in [2.45, 2.75) is 18.5 Å². The molecule has 102 valence electrons. The predicted octanol–water partition coefficient (Wildman–Crippen LogP) is -1.66. The molecule has 0 aliphatic heterocycles. The number of rotatable bonds is 5. The highest BCUT2D eigenvalue weighted by Gasteiger charge is 2.36. The number of anilines is 1. The Morgan fingerprint density at radius 3 is 2.67 bits per heavy atom. The predicted molar refractivity (Wildman–Crippen MR) is 61.8 cm³/mol. The molecule has 0 bridgehead atoms. The lowest BCUT2D eigenvalue weighted by Gasteiger charge is -2.23. The van der Waals surface area contributed by atoms with E-state index in [-0.39, 0.29) is 5.82 Å². The van der Waals surface area contributed by atoms with E-state index in [9.17, 15) is 14.5 Å². The maximum Gasteiger partial charge on any atom is 0.349 e. The van der Waals surface area contributed by atoms with Gasteiger partial charge in [-0.2, -0.15) is 4.98 Å². The third kappa shape index (κ3) is 3.62. The summed E-state index contributed by atoms with van der Waals surface area (Å²) in [6.07, 6.45) is -0.467. The minimum Gasteiger partial charge on any atom is -0.383 e. The standard InChI is InChI=1S/C8H14N3O6P/c1-17-7(12)5(18(14,15)16)4-11-3-2-6(9)10-8(11)13/h2-3,5,7,12H,4H2,1H3,(H2,9,10,13)(H2,14,15,16)/t5-,7-/m0/s1. The summed E-state index contributed by atoms with van der Waals surface area (Å²) in [5.41, 5.74) is 2.95. The molecule has 0 unspecified atom stereocenters. The highest BCUT2D eigenvalue weighted by molar-refractivity contribution is 7.52. The molecule has 1 aromatic rings. The summed E-state index contributed by atoms with van der Waals surface area (Å²) in [6.45, 7) is -0.439. The van der Waals surface area contributed by atoms with Crippen LogP contribution in [0.25, 0.3) is 0 Å². The van der Waals surface area contributed by atoms with E-state index in [4.69, 9.17) is 15.5 Å². The van der Waals surface area contributed by atoms with E-state index in [0.717, 1.165) is 11.7 Å². The number of aromatic nitrogens is 2. The van der Waals surface area contributed by atoms with E-state index in [1.54, 1.807) is 0 Å². The summed E-state index contributed by atoms with van der Waals surface area (Å²) < 4.78 is 16.6. The second-order valence-electron chi connectivity index (χ2n) is 3.57. The van der Waals surface area contributed by atoms with E-state index in [0.29, 0.717) is 0 Å². The van der Waals surface area contributed by atoms with E-state index in [1.165, 1.54) is 12.3 Å². The molecule has 5 N–H and O–H groups in total. The van der Waals surface area contributed by atoms with Crippen LogP contribution < -0.4 is 11.4 Å². The highest BCUT2D eigenvalue weighted by atomic mass is 31.2. The first-order valence-electron chi connectivity index (χ1n) is 4.84. The Morgan fingerprint density at radius 2 is 2.22 bits per heavy atom. The molecule has 1 rings (SSSR count). The van der Waals surface area contributed by atoms with Crippen molar-refractivity contribution in [2.24, 2.45) is 0 Å². The number of aliphatic hydroxyl groups is 1. The van der Waals surface area contributed by atoms with Crippen LogP contribution in [0, 0.1) is 0 Å². The molecule has 0 aliphatic carbocycles. The number of ether oxygens (including phenoxy) is 1. The minimum atomic E-state index is -4.64. The van der Waals surface area contributed by atoms with Crippen molar-refractivity contribution in [2.75, 3.05) is 12.8 Å². The average Bonchev–Trinajstić information content (AvgIpc) is 2.25. The first kappa shape index (κ1) is 14.8. The van der Waals surface area contributed by atoms with Crippen LogP contribution >= 0.6 is 7.60 Å². The molecule has 10 heteroatoms. The molecule has 1 heterocycles. The second-order valence-corrected chi connectivity index (χ2v) is 5.41. The van der Waals surface area contributed by atoms with Crippen molar-refractivity contribution in [1.29, 1.82) is 0 Å². The Kier molecular flexibility index (Phi) is 4.60. The van der Waals surface area contributed by atoms with Crippen molar-refractivity contribution in [3.05, 3.63) is 22.7 Å². The number of nitrogen functional groups attached to an aromatic ring is 1. The fraction of sp³-hybridized carbons (Fsp3) is 0.500. The lowest BCUT2D eigenvalue weighted by atomic mass is 10.4. The fourth-order valence-corrected chi connectivity index (χ4v) is 2.14. The lowest BCUT2D eigenvalue weighted by Crippen LogP contribution is -2.36. The Labute approximate surface area is 102 Å². The Balaban J connectivity index is 3.04. The van der Waals surface area contributed by atoms with Crippen molar-refractivity contribution in [3.63, 3.8) is 0 Å². The summed E-state index contributed by atoms with van der Waals surface area (Å²) in [4.78, 5) is 33.0. The second kappa shape index (κ2) is 5.59. The molecule has 18 heavy (non-hydrogen) atoms. The van der Waals surface area contributed by atoms with Crippen LogP contribution in [0.4, 0.5) is 5.82 Å². The van der Waals surface area contributed by atoms with E-state index in [2.05, 4.69) is 9.72 Å². The van der Waals surface area contributed by atoms with Gasteiger partial charge in [0.15, 0.2) is 6.29 Å². The van der Waals surface area contributed by atoms with Crippen LogP contribution in [0.2, 0.25) is 0 Å². The van der Waals surface area contributed by atoms with Gasteiger partial charge < -0.3 is 25.4 Å². The van der Waals surface area contributed by atoms with Gasteiger partial charge in [0, 0.05) is 19.9 Å². The van der Waals surface area contributed by atoms with Gasteiger partial charge in [0.25, 0.3) is 0 Å². The van der Waals surface area contributed by atoms with Gasteiger partial charge in [0.1, 0.15) is 11.5 Å². The van der Waals surface area contributed by atoms with Crippen LogP contribution in [-0.2, 0) is 15.8 Å². The third-order valence-electron chi connectivity index (χ3n) is 2.28. The summed E-state index contributed by atoms with van der Waals surface area (Å²) >= 11 is 0. The molecule has 1 aromatic heterocycles. The maximum atomic E-state index is 11.4. The zero-order valence-corrected chi connectivity index (χ0v) is 10.4. The van der Waals surface area contributed by atoms with Crippen LogP contribution in [0.1, 0.15) is 0 Å². The number of hydrogen-bond donors (Lipinski definition) is 4. The average molecular weight is 279 g/mol. The van der Waals surface area contributed by atoms with Crippen LogP contribution in [0.3, 0.4) is 0 Å². The van der Waals surface area contributed by atoms with Gasteiger partial charge in [-0.25, -0.2) is 4.79 Å².